The monoisotopic (exact) mass is 284 g/mol. The molecule has 4 nitrogen and oxygen atoms in total. The van der Waals surface area contributed by atoms with Gasteiger partial charge < -0.3 is 21.7 Å². The van der Waals surface area contributed by atoms with Gasteiger partial charge in [-0.1, -0.05) is 18.2 Å². The molecule has 0 atom stereocenters. The van der Waals surface area contributed by atoms with E-state index < -0.39 is 0 Å². The Labute approximate surface area is 119 Å². The summed E-state index contributed by atoms with van der Waals surface area (Å²) in [4.78, 5) is 0. The van der Waals surface area contributed by atoms with Crippen LogP contribution in [0.25, 0.3) is 0 Å². The number of hydrogen-bond acceptors (Lipinski definition) is 2. The smallest absolute Gasteiger partial charge is 0.168 e. The van der Waals surface area contributed by atoms with E-state index >= 15 is 0 Å². The van der Waals surface area contributed by atoms with E-state index in [1.807, 2.05) is 44.2 Å². The molecule has 0 fully saturated rings. The first kappa shape index (κ1) is 16.6. The van der Waals surface area contributed by atoms with Crippen molar-refractivity contribution in [3.8, 4) is 0 Å². The molecule has 0 saturated carbocycles. The van der Waals surface area contributed by atoms with Gasteiger partial charge in [0.2, 0.25) is 0 Å². The van der Waals surface area contributed by atoms with Crippen LogP contribution in [0.2, 0.25) is 0 Å². The molecule has 18 heavy (non-hydrogen) atoms. The first-order valence-electron chi connectivity index (χ1n) is 5.73. The van der Waals surface area contributed by atoms with Crippen molar-refractivity contribution < 1.29 is 0 Å². The zero-order valence-corrected chi connectivity index (χ0v) is 12.3. The molecule has 5 N–H and O–H groups in total. The van der Waals surface area contributed by atoms with E-state index in [-0.39, 0.29) is 0 Å². The second kappa shape index (κ2) is 10.7. The Morgan fingerprint density at radius 1 is 1.06 bits per heavy atom. The third-order valence-corrected chi connectivity index (χ3v) is 2.11. The minimum absolute atomic E-state index is 0.297. The lowest BCUT2D eigenvalue weighted by Gasteiger charge is -2.03. The lowest BCUT2D eigenvalue weighted by molar-refractivity contribution is 0.883. The highest BCUT2D eigenvalue weighted by Crippen LogP contribution is 2.03. The van der Waals surface area contributed by atoms with Crippen molar-refractivity contribution in [1.29, 1.82) is 0 Å². The highest BCUT2D eigenvalue weighted by molar-refractivity contribution is 7.80. The van der Waals surface area contributed by atoms with Crippen molar-refractivity contribution in [1.82, 2.24) is 10.6 Å². The van der Waals surface area contributed by atoms with Crippen molar-refractivity contribution >= 4 is 40.3 Å². The molecular weight excluding hydrogens is 264 g/mol. The van der Waals surface area contributed by atoms with E-state index in [4.69, 9.17) is 18.0 Å². The normalized spacial score (nSPS) is 8.56. The molecule has 0 unspecified atom stereocenters. The number of thiocarbonyl (C=S) groups is 2. The SMILES string of the molecule is CCNC(=S)NCC.NC(=S)Nc1ccccc1. The molecule has 0 amide bonds. The Kier molecular flexibility index (Phi) is 9.90. The number of anilines is 1. The maximum Gasteiger partial charge on any atom is 0.168 e. The zero-order chi connectivity index (χ0) is 13.8. The predicted molar refractivity (Wildman–Crippen MR) is 86.8 cm³/mol. The lowest BCUT2D eigenvalue weighted by Crippen LogP contribution is -2.34. The average Bonchev–Trinajstić information content (AvgIpc) is 2.31. The predicted octanol–water partition coefficient (Wildman–Crippen LogP) is 1.83. The number of nitrogens with one attached hydrogen (secondary N) is 3. The highest BCUT2D eigenvalue weighted by Gasteiger charge is 1.87. The zero-order valence-electron chi connectivity index (χ0n) is 10.7. The van der Waals surface area contributed by atoms with Crippen LogP contribution < -0.4 is 21.7 Å². The topological polar surface area (TPSA) is 62.1 Å². The maximum atomic E-state index is 5.24. The average molecular weight is 284 g/mol. The summed E-state index contributed by atoms with van der Waals surface area (Å²) in [5.41, 5.74) is 6.17. The second-order valence-corrected chi connectivity index (χ2v) is 4.09. The van der Waals surface area contributed by atoms with Gasteiger partial charge in [0.1, 0.15) is 0 Å². The van der Waals surface area contributed by atoms with Gasteiger partial charge in [0.15, 0.2) is 10.2 Å². The largest absolute Gasteiger partial charge is 0.376 e. The van der Waals surface area contributed by atoms with Crippen molar-refractivity contribution in [2.75, 3.05) is 18.4 Å². The van der Waals surface area contributed by atoms with Gasteiger partial charge in [-0.15, -0.1) is 0 Å². The van der Waals surface area contributed by atoms with Crippen LogP contribution >= 0.6 is 24.4 Å². The van der Waals surface area contributed by atoms with Crippen LogP contribution in [0.5, 0.6) is 0 Å². The molecule has 0 aliphatic rings. The summed E-state index contributed by atoms with van der Waals surface area (Å²) in [6.45, 7) is 5.82. The van der Waals surface area contributed by atoms with Crippen LogP contribution in [0.4, 0.5) is 5.69 Å². The molecule has 0 radical (unpaired) electrons. The molecule has 1 aromatic carbocycles. The van der Waals surface area contributed by atoms with E-state index in [1.54, 1.807) is 0 Å². The molecule has 0 aliphatic heterocycles. The van der Waals surface area contributed by atoms with E-state index in [1.165, 1.54) is 0 Å². The number of benzene rings is 1. The van der Waals surface area contributed by atoms with Crippen molar-refractivity contribution in [2.45, 2.75) is 13.8 Å². The second-order valence-electron chi connectivity index (χ2n) is 3.25. The minimum atomic E-state index is 0.297. The van der Waals surface area contributed by atoms with Gasteiger partial charge in [-0.05, 0) is 50.4 Å². The third-order valence-electron chi connectivity index (χ3n) is 1.72. The summed E-state index contributed by atoms with van der Waals surface area (Å²) in [6, 6.07) is 9.57. The fraction of sp³-hybridized carbons (Fsp3) is 0.333. The summed E-state index contributed by atoms with van der Waals surface area (Å²) in [5.74, 6) is 0. The fourth-order valence-electron chi connectivity index (χ4n) is 1.05. The lowest BCUT2D eigenvalue weighted by atomic mass is 10.3. The summed E-state index contributed by atoms with van der Waals surface area (Å²) in [6.07, 6.45) is 0. The Hall–Kier alpha value is -1.40. The molecule has 0 aromatic heterocycles. The van der Waals surface area contributed by atoms with Gasteiger partial charge in [-0.2, -0.15) is 0 Å². The van der Waals surface area contributed by atoms with Crippen LogP contribution in [0, 0.1) is 0 Å². The van der Waals surface area contributed by atoms with Gasteiger partial charge in [-0.3, -0.25) is 0 Å². The molecule has 0 heterocycles. The Morgan fingerprint density at radius 2 is 1.56 bits per heavy atom. The fourth-order valence-corrected chi connectivity index (χ4v) is 1.45. The molecule has 6 heteroatoms. The van der Waals surface area contributed by atoms with Crippen LogP contribution in [0.15, 0.2) is 30.3 Å². The number of para-hydroxylation sites is 1. The molecule has 0 aliphatic carbocycles. The number of hydrogen-bond donors (Lipinski definition) is 4. The van der Waals surface area contributed by atoms with E-state index in [2.05, 4.69) is 28.2 Å². The molecule has 1 aromatic rings. The minimum Gasteiger partial charge on any atom is -0.376 e. The molecule has 0 bridgehead atoms. The van der Waals surface area contributed by atoms with Crippen molar-refractivity contribution in [2.24, 2.45) is 5.73 Å². The van der Waals surface area contributed by atoms with Crippen molar-refractivity contribution in [3.63, 3.8) is 0 Å². The molecular formula is C12H20N4S2. The molecule has 0 saturated heterocycles. The Morgan fingerprint density at radius 3 is 1.94 bits per heavy atom. The van der Waals surface area contributed by atoms with E-state index in [0.29, 0.717) is 5.11 Å². The maximum absolute atomic E-state index is 5.24. The standard InChI is InChI=1S/C7H8N2S.C5H12N2S/c8-7(10)9-6-4-2-1-3-5-6;1-3-6-5(8)7-4-2/h1-5H,(H3,8,9,10);3-4H2,1-2H3,(H2,6,7,8). The summed E-state index contributed by atoms with van der Waals surface area (Å²) >= 11 is 9.47. The Bertz CT molecular complexity index is 346. The van der Waals surface area contributed by atoms with Crippen molar-refractivity contribution in [3.05, 3.63) is 30.3 Å². The van der Waals surface area contributed by atoms with Gasteiger partial charge in [0.25, 0.3) is 0 Å². The van der Waals surface area contributed by atoms with Gasteiger partial charge in [0.05, 0.1) is 0 Å². The quantitative estimate of drug-likeness (QED) is 0.635. The van der Waals surface area contributed by atoms with Gasteiger partial charge in [0, 0.05) is 18.8 Å². The van der Waals surface area contributed by atoms with Crippen LogP contribution in [-0.2, 0) is 0 Å². The molecule has 1 rings (SSSR count). The summed E-state index contributed by atoms with van der Waals surface area (Å²) in [7, 11) is 0. The van der Waals surface area contributed by atoms with Crippen LogP contribution in [0.3, 0.4) is 0 Å². The third kappa shape index (κ3) is 9.80. The van der Waals surface area contributed by atoms with Crippen LogP contribution in [-0.4, -0.2) is 23.3 Å². The van der Waals surface area contributed by atoms with E-state index in [9.17, 15) is 0 Å². The first-order chi connectivity index (χ1) is 8.60. The Balaban J connectivity index is 0.000000331. The number of nitrogens with two attached hydrogens (primary N) is 1. The summed E-state index contributed by atoms with van der Waals surface area (Å²) < 4.78 is 0. The number of rotatable bonds is 3. The highest BCUT2D eigenvalue weighted by atomic mass is 32.1. The first-order valence-corrected chi connectivity index (χ1v) is 6.55. The van der Waals surface area contributed by atoms with Crippen LogP contribution in [0.1, 0.15) is 13.8 Å². The summed E-state index contributed by atoms with van der Waals surface area (Å²) in [5, 5.41) is 9.79. The van der Waals surface area contributed by atoms with E-state index in [0.717, 1.165) is 23.9 Å². The van der Waals surface area contributed by atoms with Gasteiger partial charge in [-0.25, -0.2) is 0 Å². The molecule has 100 valence electrons. The van der Waals surface area contributed by atoms with Gasteiger partial charge >= 0.3 is 0 Å². The molecule has 0 spiro atoms.